The van der Waals surface area contributed by atoms with Crippen molar-refractivity contribution in [2.24, 2.45) is 11.8 Å². The normalized spacial score (nSPS) is 9.75. The molecular weight excluding hydrogens is 108 g/mol. The van der Waals surface area contributed by atoms with Crippen molar-refractivity contribution >= 4 is 23.1 Å². The van der Waals surface area contributed by atoms with Gasteiger partial charge in [0, 0.05) is 0 Å². The van der Waals surface area contributed by atoms with Crippen molar-refractivity contribution in [3.05, 3.63) is 0 Å². The zero-order valence-corrected chi connectivity index (χ0v) is 7.98. The predicted octanol–water partition coefficient (Wildman–Crippen LogP) is 2.53. The minimum absolute atomic E-state index is 0. The summed E-state index contributed by atoms with van der Waals surface area (Å²) < 4.78 is 0. The Morgan fingerprint density at radius 1 is 1.00 bits per heavy atom. The third-order valence-electron chi connectivity index (χ3n) is 0.943. The maximum atomic E-state index is 2.26. The monoisotopic (exact) mass is 126 g/mol. The molecule has 0 rings (SSSR count). The van der Waals surface area contributed by atoms with E-state index in [2.05, 4.69) is 27.7 Å². The summed E-state index contributed by atoms with van der Waals surface area (Å²) in [5.74, 6) is 1.75. The Balaban J connectivity index is -0.0000000600. The van der Waals surface area contributed by atoms with Crippen molar-refractivity contribution in [1.82, 2.24) is 0 Å². The molecule has 0 saturated heterocycles. The molecule has 0 aromatic heterocycles. The average molecular weight is 127 g/mol. The SMILES string of the molecule is CC(C)CC(C)C.[H-].[H-].[Mg+2]. The molecule has 48 valence electrons. The van der Waals surface area contributed by atoms with Crippen LogP contribution in [0, 0.1) is 11.8 Å². The molecule has 0 aliphatic carbocycles. The van der Waals surface area contributed by atoms with E-state index in [4.69, 9.17) is 0 Å². The van der Waals surface area contributed by atoms with E-state index < -0.39 is 0 Å². The molecule has 0 saturated carbocycles. The first-order valence-electron chi connectivity index (χ1n) is 3.13. The molecule has 0 unspecified atom stereocenters. The fourth-order valence-corrected chi connectivity index (χ4v) is 0.943. The molecule has 0 nitrogen and oxygen atoms in total. The molecule has 0 aromatic rings. The van der Waals surface area contributed by atoms with Gasteiger partial charge in [-0.3, -0.25) is 0 Å². The first-order chi connectivity index (χ1) is 3.13. The van der Waals surface area contributed by atoms with Gasteiger partial charge in [0.25, 0.3) is 0 Å². The van der Waals surface area contributed by atoms with Crippen LogP contribution in [0.3, 0.4) is 0 Å². The minimum atomic E-state index is 0. The van der Waals surface area contributed by atoms with Crippen molar-refractivity contribution in [3.8, 4) is 0 Å². The van der Waals surface area contributed by atoms with Gasteiger partial charge in [0.15, 0.2) is 0 Å². The van der Waals surface area contributed by atoms with Gasteiger partial charge in [-0.2, -0.15) is 0 Å². The van der Waals surface area contributed by atoms with Gasteiger partial charge in [-0.25, -0.2) is 0 Å². The van der Waals surface area contributed by atoms with E-state index in [-0.39, 0.29) is 25.9 Å². The van der Waals surface area contributed by atoms with Crippen LogP contribution in [0.25, 0.3) is 0 Å². The molecule has 0 aliphatic heterocycles. The second-order valence-corrected chi connectivity index (χ2v) is 3.02. The Morgan fingerprint density at radius 3 is 1.25 bits per heavy atom. The molecule has 0 radical (unpaired) electrons. The fourth-order valence-electron chi connectivity index (χ4n) is 0.943. The summed E-state index contributed by atoms with van der Waals surface area (Å²) in [6.45, 7) is 9.06. The second kappa shape index (κ2) is 5.89. The third kappa shape index (κ3) is 9.90. The van der Waals surface area contributed by atoms with Crippen LogP contribution in [0.2, 0.25) is 0 Å². The zero-order chi connectivity index (χ0) is 5.86. The van der Waals surface area contributed by atoms with Gasteiger partial charge in [0.1, 0.15) is 0 Å². The molecule has 0 spiro atoms. The summed E-state index contributed by atoms with van der Waals surface area (Å²) in [4.78, 5) is 0. The fraction of sp³-hybridized carbons (Fsp3) is 1.00. The van der Waals surface area contributed by atoms with Crippen molar-refractivity contribution in [1.29, 1.82) is 0 Å². The maximum Gasteiger partial charge on any atom is 2.00 e. The maximum absolute atomic E-state index is 2.26. The van der Waals surface area contributed by atoms with E-state index in [1.165, 1.54) is 6.42 Å². The summed E-state index contributed by atoms with van der Waals surface area (Å²) >= 11 is 0. The van der Waals surface area contributed by atoms with Gasteiger partial charge in [-0.05, 0) is 18.3 Å². The van der Waals surface area contributed by atoms with Crippen LogP contribution in [0.1, 0.15) is 37.0 Å². The molecule has 0 aromatic carbocycles. The largest absolute Gasteiger partial charge is 2.00 e. The van der Waals surface area contributed by atoms with Crippen LogP contribution in [0.4, 0.5) is 0 Å². The predicted molar refractivity (Wildman–Crippen MR) is 42.3 cm³/mol. The Kier molecular flexibility index (Phi) is 8.51. The van der Waals surface area contributed by atoms with Gasteiger partial charge in [0.05, 0.1) is 0 Å². The van der Waals surface area contributed by atoms with Crippen LogP contribution >= 0.6 is 0 Å². The molecular formula is C7H18Mg. The number of hydrogen-bond donors (Lipinski definition) is 0. The van der Waals surface area contributed by atoms with Crippen molar-refractivity contribution < 1.29 is 2.85 Å². The second-order valence-electron chi connectivity index (χ2n) is 3.02. The van der Waals surface area contributed by atoms with Gasteiger partial charge < -0.3 is 2.85 Å². The van der Waals surface area contributed by atoms with Gasteiger partial charge >= 0.3 is 23.1 Å². The van der Waals surface area contributed by atoms with E-state index in [9.17, 15) is 0 Å². The van der Waals surface area contributed by atoms with Gasteiger partial charge in [-0.1, -0.05) is 27.7 Å². The smallest absolute Gasteiger partial charge is 1.00 e. The third-order valence-corrected chi connectivity index (χ3v) is 0.943. The van der Waals surface area contributed by atoms with Crippen molar-refractivity contribution in [2.75, 3.05) is 0 Å². The first kappa shape index (κ1) is 11.5. The zero-order valence-electron chi connectivity index (χ0n) is 8.57. The minimum Gasteiger partial charge on any atom is -1.00 e. The summed E-state index contributed by atoms with van der Waals surface area (Å²) in [5.41, 5.74) is 0. The molecule has 0 N–H and O–H groups in total. The van der Waals surface area contributed by atoms with E-state index >= 15 is 0 Å². The molecule has 8 heavy (non-hydrogen) atoms. The Morgan fingerprint density at radius 2 is 1.25 bits per heavy atom. The summed E-state index contributed by atoms with van der Waals surface area (Å²) in [5, 5.41) is 0. The topological polar surface area (TPSA) is 0 Å². The Labute approximate surface area is 72.2 Å². The van der Waals surface area contributed by atoms with Gasteiger partial charge in [0.2, 0.25) is 0 Å². The molecule has 0 amide bonds. The standard InChI is InChI=1S/C7H16.Mg.2H/c1-6(2)5-7(3)4;;;/h6-7H,5H2,1-4H3;;;/q;+2;2*-1. The van der Waals surface area contributed by atoms with Crippen LogP contribution in [0.5, 0.6) is 0 Å². The average Bonchev–Trinajstić information content (AvgIpc) is 1.27. The summed E-state index contributed by atoms with van der Waals surface area (Å²) in [6.07, 6.45) is 1.36. The van der Waals surface area contributed by atoms with Gasteiger partial charge in [-0.15, -0.1) is 0 Å². The van der Waals surface area contributed by atoms with Crippen LogP contribution in [-0.2, 0) is 0 Å². The molecule has 1 heteroatoms. The summed E-state index contributed by atoms with van der Waals surface area (Å²) in [6, 6.07) is 0. The van der Waals surface area contributed by atoms with E-state index in [1.807, 2.05) is 0 Å². The van der Waals surface area contributed by atoms with E-state index in [1.54, 1.807) is 0 Å². The quantitative estimate of drug-likeness (QED) is 0.499. The van der Waals surface area contributed by atoms with Crippen molar-refractivity contribution in [2.45, 2.75) is 34.1 Å². The van der Waals surface area contributed by atoms with Crippen molar-refractivity contribution in [3.63, 3.8) is 0 Å². The molecule has 0 fully saturated rings. The Hall–Kier alpha value is 0.766. The van der Waals surface area contributed by atoms with Crippen LogP contribution in [-0.4, -0.2) is 23.1 Å². The number of rotatable bonds is 2. The summed E-state index contributed by atoms with van der Waals surface area (Å²) in [7, 11) is 0. The molecule has 0 atom stereocenters. The van der Waals surface area contributed by atoms with Crippen LogP contribution in [0.15, 0.2) is 0 Å². The molecule has 0 bridgehead atoms. The number of hydrogen-bond acceptors (Lipinski definition) is 0. The first-order valence-corrected chi connectivity index (χ1v) is 3.13. The molecule has 0 heterocycles. The van der Waals surface area contributed by atoms with E-state index in [0.717, 1.165) is 11.8 Å². The van der Waals surface area contributed by atoms with E-state index in [0.29, 0.717) is 0 Å². The Bertz CT molecular complexity index is 40.9. The molecule has 0 aliphatic rings. The van der Waals surface area contributed by atoms with Crippen LogP contribution < -0.4 is 0 Å².